The number of benzene rings is 1. The number of piperidine rings is 3. The fourth-order valence-corrected chi connectivity index (χ4v) is 7.15. The van der Waals surface area contributed by atoms with Crippen LogP contribution in [0.4, 0.5) is 0 Å². The lowest BCUT2D eigenvalue weighted by Gasteiger charge is -2.54. The third-order valence-corrected chi connectivity index (χ3v) is 8.50. The highest BCUT2D eigenvalue weighted by molar-refractivity contribution is 6.06. The number of hydrogen-bond donors (Lipinski definition) is 0. The van der Waals surface area contributed by atoms with Gasteiger partial charge in [0, 0.05) is 55.4 Å². The minimum atomic E-state index is 0.218. The Bertz CT molecular complexity index is 1040. The van der Waals surface area contributed by atoms with Gasteiger partial charge in [0.05, 0.1) is 12.6 Å². The summed E-state index contributed by atoms with van der Waals surface area (Å²) in [6.45, 7) is 4.77. The van der Waals surface area contributed by atoms with E-state index < -0.39 is 0 Å². The highest BCUT2D eigenvalue weighted by Crippen LogP contribution is 2.45. The maximum absolute atomic E-state index is 14.0. The molecule has 2 bridgehead atoms. The van der Waals surface area contributed by atoms with Gasteiger partial charge in [0.15, 0.2) is 0 Å². The normalized spacial score (nSPS) is 30.0. The Kier molecular flexibility index (Phi) is 5.34. The molecule has 0 radical (unpaired) electrons. The van der Waals surface area contributed by atoms with Gasteiger partial charge in [0.25, 0.3) is 5.91 Å². The van der Waals surface area contributed by atoms with Crippen LogP contribution in [0.5, 0.6) is 0 Å². The number of likely N-dealkylation sites (tertiary alicyclic amines) is 1. The molecule has 3 fully saturated rings. The Morgan fingerprint density at radius 3 is 3.00 bits per heavy atom. The van der Waals surface area contributed by atoms with Crippen LogP contribution in [0.25, 0.3) is 10.9 Å². The Labute approximate surface area is 191 Å². The van der Waals surface area contributed by atoms with Crippen molar-refractivity contribution in [2.75, 3.05) is 33.4 Å². The molecule has 1 aliphatic carbocycles. The second kappa shape index (κ2) is 8.35. The number of hydrogen-bond acceptors (Lipinski definition) is 3. The smallest absolute Gasteiger partial charge is 0.255 e. The Hall–Kier alpha value is -2.11. The summed E-state index contributed by atoms with van der Waals surface area (Å²) >= 11 is 0. The summed E-state index contributed by atoms with van der Waals surface area (Å²) in [5, 5.41) is 1.07. The van der Waals surface area contributed by atoms with Gasteiger partial charge in [-0.2, -0.15) is 0 Å². The van der Waals surface area contributed by atoms with Crippen molar-refractivity contribution in [3.05, 3.63) is 47.7 Å². The van der Waals surface area contributed by atoms with Crippen molar-refractivity contribution in [2.24, 2.45) is 11.8 Å². The van der Waals surface area contributed by atoms with Crippen molar-refractivity contribution in [3.8, 4) is 0 Å². The summed E-state index contributed by atoms with van der Waals surface area (Å²) in [7, 11) is 1.73. The zero-order valence-electron chi connectivity index (χ0n) is 19.2. The number of amides is 1. The third-order valence-electron chi connectivity index (χ3n) is 8.50. The molecule has 170 valence electrons. The lowest BCUT2D eigenvalue weighted by Crippen LogP contribution is -2.60. The summed E-state index contributed by atoms with van der Waals surface area (Å²) in [6.07, 6.45) is 12.3. The molecule has 5 nitrogen and oxygen atoms in total. The zero-order chi connectivity index (χ0) is 21.7. The van der Waals surface area contributed by atoms with Crippen LogP contribution in [-0.2, 0) is 11.3 Å². The van der Waals surface area contributed by atoms with Gasteiger partial charge >= 0.3 is 0 Å². The van der Waals surface area contributed by atoms with E-state index in [1.54, 1.807) is 12.7 Å². The Morgan fingerprint density at radius 2 is 2.09 bits per heavy atom. The van der Waals surface area contributed by atoms with Gasteiger partial charge < -0.3 is 14.2 Å². The predicted molar refractivity (Wildman–Crippen MR) is 127 cm³/mol. The molecule has 3 aliphatic heterocycles. The second-order valence-electron chi connectivity index (χ2n) is 10.2. The van der Waals surface area contributed by atoms with Crippen LogP contribution in [0, 0.1) is 11.8 Å². The first-order chi connectivity index (χ1) is 15.7. The minimum Gasteiger partial charge on any atom is -0.383 e. The van der Waals surface area contributed by atoms with Crippen LogP contribution in [0.15, 0.2) is 42.1 Å². The quantitative estimate of drug-likeness (QED) is 0.674. The first-order valence-corrected chi connectivity index (χ1v) is 12.6. The Balaban J connectivity index is 1.32. The van der Waals surface area contributed by atoms with Crippen molar-refractivity contribution >= 4 is 16.8 Å². The van der Waals surface area contributed by atoms with Gasteiger partial charge in [-0.05, 0) is 68.7 Å². The van der Waals surface area contributed by atoms with Crippen LogP contribution >= 0.6 is 0 Å². The predicted octanol–water partition coefficient (Wildman–Crippen LogP) is 4.32. The molecule has 4 heterocycles. The van der Waals surface area contributed by atoms with E-state index in [2.05, 4.69) is 38.8 Å². The first kappa shape index (κ1) is 20.5. The number of nitrogens with zero attached hydrogens (tertiary/aromatic N) is 3. The number of carbonyl (C=O) groups is 1. The van der Waals surface area contributed by atoms with Gasteiger partial charge in [0.2, 0.25) is 0 Å². The molecule has 32 heavy (non-hydrogen) atoms. The van der Waals surface area contributed by atoms with E-state index >= 15 is 0 Å². The van der Waals surface area contributed by atoms with E-state index in [4.69, 9.17) is 4.74 Å². The number of aromatic nitrogens is 1. The largest absolute Gasteiger partial charge is 0.383 e. The average molecular weight is 434 g/mol. The van der Waals surface area contributed by atoms with Gasteiger partial charge in [-0.1, -0.05) is 24.1 Å². The zero-order valence-corrected chi connectivity index (χ0v) is 19.2. The molecule has 1 aromatic carbocycles. The molecule has 5 heteroatoms. The fourth-order valence-electron chi connectivity index (χ4n) is 7.15. The number of methoxy groups -OCH3 is 1. The van der Waals surface area contributed by atoms with E-state index in [0.717, 1.165) is 42.0 Å². The van der Waals surface area contributed by atoms with Gasteiger partial charge in [0.1, 0.15) is 0 Å². The number of carbonyl (C=O) groups excluding carboxylic acids is 1. The molecule has 0 unspecified atom stereocenters. The molecule has 4 aliphatic rings. The molecular formula is C27H35N3O2. The standard InChI is InChI=1S/C27H35N3O2/c1-32-15-14-28-13-10-22-23(7-4-9-25(22)28)27(31)30-12-5-6-19-16-20-17-21(26(19)30)18-29-11-3-2-8-24(20)29/h4,7,9-10,13,16,20-21,24,26H,2-3,5-6,8,11-12,14-15,17-18H2,1H3/t20-,21+,24-,26+/m0/s1. The fraction of sp³-hybridized carbons (Fsp3) is 0.593. The van der Waals surface area contributed by atoms with Crippen LogP contribution in [0.2, 0.25) is 0 Å². The van der Waals surface area contributed by atoms with E-state index in [1.807, 2.05) is 12.1 Å². The maximum atomic E-state index is 14.0. The van der Waals surface area contributed by atoms with Crippen molar-refractivity contribution in [1.82, 2.24) is 14.4 Å². The number of fused-ring (bicyclic) bond motifs is 7. The SMILES string of the molecule is COCCn1ccc2c(C(=O)N3CCCC4=C[C@H]5C[C@H](CN6CCCC[C@@H]56)[C@@H]43)cccc21. The minimum absolute atomic E-state index is 0.218. The summed E-state index contributed by atoms with van der Waals surface area (Å²) in [6, 6.07) is 9.33. The molecule has 0 spiro atoms. The monoisotopic (exact) mass is 433 g/mol. The molecule has 0 saturated carbocycles. The molecule has 0 N–H and O–H groups in total. The second-order valence-corrected chi connectivity index (χ2v) is 10.2. The molecule has 6 rings (SSSR count). The average Bonchev–Trinajstić information content (AvgIpc) is 3.25. The number of rotatable bonds is 4. The summed E-state index contributed by atoms with van der Waals surface area (Å²) in [4.78, 5) is 19.0. The molecule has 1 amide bonds. The van der Waals surface area contributed by atoms with E-state index in [-0.39, 0.29) is 5.91 Å². The Morgan fingerprint density at radius 1 is 1.16 bits per heavy atom. The van der Waals surface area contributed by atoms with Gasteiger partial charge in [-0.15, -0.1) is 0 Å². The summed E-state index contributed by atoms with van der Waals surface area (Å²) in [5.41, 5.74) is 3.54. The van der Waals surface area contributed by atoms with Crippen molar-refractivity contribution in [3.63, 3.8) is 0 Å². The van der Waals surface area contributed by atoms with E-state index in [0.29, 0.717) is 24.5 Å². The van der Waals surface area contributed by atoms with Crippen LogP contribution in [-0.4, -0.2) is 65.7 Å². The topological polar surface area (TPSA) is 37.7 Å². The molecule has 2 aromatic rings. The van der Waals surface area contributed by atoms with E-state index in [9.17, 15) is 4.79 Å². The van der Waals surface area contributed by atoms with Crippen molar-refractivity contribution in [2.45, 2.75) is 57.2 Å². The van der Waals surface area contributed by atoms with Crippen LogP contribution < -0.4 is 0 Å². The molecular weight excluding hydrogens is 398 g/mol. The van der Waals surface area contributed by atoms with Crippen LogP contribution in [0.3, 0.4) is 0 Å². The van der Waals surface area contributed by atoms with Crippen molar-refractivity contribution < 1.29 is 9.53 Å². The summed E-state index contributed by atoms with van der Waals surface area (Å²) in [5.74, 6) is 1.51. The summed E-state index contributed by atoms with van der Waals surface area (Å²) < 4.78 is 7.46. The van der Waals surface area contributed by atoms with Gasteiger partial charge in [-0.3, -0.25) is 9.69 Å². The van der Waals surface area contributed by atoms with Crippen molar-refractivity contribution in [1.29, 1.82) is 0 Å². The molecule has 1 aromatic heterocycles. The first-order valence-electron chi connectivity index (χ1n) is 12.6. The highest BCUT2D eigenvalue weighted by Gasteiger charge is 2.47. The lowest BCUT2D eigenvalue weighted by molar-refractivity contribution is 0.00153. The van der Waals surface area contributed by atoms with E-state index in [1.165, 1.54) is 45.2 Å². The molecule has 4 atom stereocenters. The third kappa shape index (κ3) is 3.32. The van der Waals surface area contributed by atoms with Crippen LogP contribution in [0.1, 0.15) is 48.9 Å². The highest BCUT2D eigenvalue weighted by atomic mass is 16.5. The number of ether oxygens (including phenoxy) is 1. The maximum Gasteiger partial charge on any atom is 0.255 e. The van der Waals surface area contributed by atoms with Gasteiger partial charge in [-0.25, -0.2) is 0 Å². The lowest BCUT2D eigenvalue weighted by atomic mass is 9.68. The molecule has 3 saturated heterocycles.